The van der Waals surface area contributed by atoms with Crippen molar-refractivity contribution in [3.8, 4) is 0 Å². The fourth-order valence-corrected chi connectivity index (χ4v) is 1.57. The quantitative estimate of drug-likeness (QED) is 0.617. The van der Waals surface area contributed by atoms with E-state index in [4.69, 9.17) is 4.18 Å². The van der Waals surface area contributed by atoms with Gasteiger partial charge in [0.1, 0.15) is 4.60 Å². The van der Waals surface area contributed by atoms with Crippen molar-refractivity contribution in [1.82, 2.24) is 4.98 Å². The average molecular weight is 262 g/mol. The van der Waals surface area contributed by atoms with Gasteiger partial charge < -0.3 is 4.18 Å². The molecule has 13 heavy (non-hydrogen) atoms. The monoisotopic (exact) mass is 261 g/mol. The first-order valence-corrected chi connectivity index (χ1v) is 6.32. The van der Waals surface area contributed by atoms with Crippen LogP contribution < -0.4 is 0 Å². The summed E-state index contributed by atoms with van der Waals surface area (Å²) in [5.41, 5.74) is 1.09. The molecule has 72 valence electrons. The lowest BCUT2D eigenvalue weighted by Gasteiger charge is -2.05. The molecule has 0 amide bonds. The Morgan fingerprint density at radius 3 is 3.08 bits per heavy atom. The van der Waals surface area contributed by atoms with E-state index in [0.29, 0.717) is 6.61 Å². The van der Waals surface area contributed by atoms with Crippen LogP contribution in [0, 0.1) is 0 Å². The van der Waals surface area contributed by atoms with Crippen LogP contribution in [0.15, 0.2) is 22.9 Å². The summed E-state index contributed by atoms with van der Waals surface area (Å²) in [5, 5.41) is 2.05. The Hall–Kier alpha value is -0.190. The van der Waals surface area contributed by atoms with E-state index in [1.165, 1.54) is 0 Å². The standard InChI is InChI=1S/C9H12BrNOS/c1-3-13(2)12-7-8-5-4-6-11-9(8)10/h3-6H,7H2,1-2H3. The normalized spacial score (nSPS) is 13.2. The van der Waals surface area contributed by atoms with Crippen molar-refractivity contribution < 1.29 is 4.18 Å². The Morgan fingerprint density at radius 1 is 1.69 bits per heavy atom. The third-order valence-corrected chi connectivity index (χ3v) is 3.44. The number of pyridine rings is 1. The number of halogens is 1. The minimum absolute atomic E-state index is 0.0594. The second kappa shape index (κ2) is 5.52. The summed E-state index contributed by atoms with van der Waals surface area (Å²) < 4.78 is 6.42. The second-order valence-corrected chi connectivity index (χ2v) is 4.91. The van der Waals surface area contributed by atoms with Gasteiger partial charge in [0.25, 0.3) is 0 Å². The van der Waals surface area contributed by atoms with Gasteiger partial charge in [-0.25, -0.2) is 4.98 Å². The minimum atomic E-state index is -0.0594. The van der Waals surface area contributed by atoms with Crippen LogP contribution in [0.1, 0.15) is 12.5 Å². The minimum Gasteiger partial charge on any atom is -0.319 e. The maximum absolute atomic E-state index is 5.56. The highest BCUT2D eigenvalue weighted by Crippen LogP contribution is 2.17. The van der Waals surface area contributed by atoms with Crippen LogP contribution in [-0.2, 0) is 10.8 Å². The van der Waals surface area contributed by atoms with Crippen molar-refractivity contribution in [1.29, 1.82) is 0 Å². The summed E-state index contributed by atoms with van der Waals surface area (Å²) in [5.74, 6) is 0. The fourth-order valence-electron chi connectivity index (χ4n) is 0.751. The topological polar surface area (TPSA) is 22.1 Å². The SMILES string of the molecule is C/C=S(\C)OCc1cccnc1Br. The van der Waals surface area contributed by atoms with Crippen molar-refractivity contribution >= 4 is 32.1 Å². The summed E-state index contributed by atoms with van der Waals surface area (Å²) in [4.78, 5) is 4.11. The molecule has 0 fully saturated rings. The van der Waals surface area contributed by atoms with Crippen molar-refractivity contribution in [2.24, 2.45) is 0 Å². The molecule has 1 aromatic heterocycles. The van der Waals surface area contributed by atoms with E-state index in [1.807, 2.05) is 30.7 Å². The molecule has 1 atom stereocenters. The van der Waals surface area contributed by atoms with Gasteiger partial charge >= 0.3 is 0 Å². The molecular weight excluding hydrogens is 250 g/mol. The van der Waals surface area contributed by atoms with Crippen LogP contribution in [0.3, 0.4) is 0 Å². The molecule has 1 heterocycles. The van der Waals surface area contributed by atoms with Crippen LogP contribution in [0.25, 0.3) is 0 Å². The van der Waals surface area contributed by atoms with Gasteiger partial charge in [-0.15, -0.1) is 0 Å². The molecular formula is C9H12BrNOS. The van der Waals surface area contributed by atoms with E-state index in [-0.39, 0.29) is 10.8 Å². The molecule has 1 rings (SSSR count). The molecule has 0 aliphatic heterocycles. The smallest absolute Gasteiger partial charge is 0.111 e. The van der Waals surface area contributed by atoms with Crippen LogP contribution in [0.4, 0.5) is 0 Å². The zero-order valence-corrected chi connectivity index (χ0v) is 10.1. The maximum atomic E-state index is 5.56. The maximum Gasteiger partial charge on any atom is 0.111 e. The molecule has 0 saturated heterocycles. The van der Waals surface area contributed by atoms with Gasteiger partial charge in [0.05, 0.1) is 6.61 Å². The van der Waals surface area contributed by atoms with E-state index in [2.05, 4.69) is 20.9 Å². The van der Waals surface area contributed by atoms with Crippen LogP contribution in [0.5, 0.6) is 0 Å². The molecule has 0 aromatic carbocycles. The number of hydrogen-bond acceptors (Lipinski definition) is 2. The third kappa shape index (κ3) is 3.58. The van der Waals surface area contributed by atoms with Gasteiger partial charge in [-0.2, -0.15) is 0 Å². The van der Waals surface area contributed by atoms with Crippen LogP contribution >= 0.6 is 26.7 Å². The summed E-state index contributed by atoms with van der Waals surface area (Å²) in [7, 11) is -0.0594. The van der Waals surface area contributed by atoms with Gasteiger partial charge in [-0.1, -0.05) is 16.8 Å². The van der Waals surface area contributed by atoms with E-state index in [1.54, 1.807) is 6.20 Å². The molecule has 1 aromatic rings. The Kier molecular flexibility index (Phi) is 4.62. The molecule has 0 spiro atoms. The van der Waals surface area contributed by atoms with E-state index < -0.39 is 0 Å². The zero-order valence-electron chi connectivity index (χ0n) is 7.66. The van der Waals surface area contributed by atoms with E-state index in [9.17, 15) is 0 Å². The third-order valence-electron chi connectivity index (χ3n) is 1.57. The number of rotatable bonds is 3. The Bertz CT molecular complexity index is 314. The Balaban J connectivity index is 2.60. The molecule has 1 unspecified atom stereocenters. The summed E-state index contributed by atoms with van der Waals surface area (Å²) in [6.07, 6.45) is 3.80. The highest BCUT2D eigenvalue weighted by molar-refractivity contribution is 9.10. The molecule has 2 nitrogen and oxygen atoms in total. The summed E-state index contributed by atoms with van der Waals surface area (Å²) in [6, 6.07) is 3.91. The largest absolute Gasteiger partial charge is 0.319 e. The Labute approximate surface area is 89.6 Å². The summed E-state index contributed by atoms with van der Waals surface area (Å²) >= 11 is 3.37. The lowest BCUT2D eigenvalue weighted by atomic mass is 10.3. The first-order valence-electron chi connectivity index (χ1n) is 3.91. The second-order valence-electron chi connectivity index (χ2n) is 2.45. The van der Waals surface area contributed by atoms with Crippen molar-refractivity contribution in [3.05, 3.63) is 28.5 Å². The molecule has 4 heteroatoms. The summed E-state index contributed by atoms with van der Waals surface area (Å²) in [6.45, 7) is 2.61. The molecule has 0 saturated carbocycles. The first kappa shape index (κ1) is 10.9. The molecule has 0 aliphatic rings. The van der Waals surface area contributed by atoms with Gasteiger partial charge in [-0.05, 0) is 34.3 Å². The fraction of sp³-hybridized carbons (Fsp3) is 0.333. The lowest BCUT2D eigenvalue weighted by Crippen LogP contribution is -1.90. The van der Waals surface area contributed by atoms with E-state index >= 15 is 0 Å². The predicted octanol–water partition coefficient (Wildman–Crippen LogP) is 3.00. The van der Waals surface area contributed by atoms with Crippen LogP contribution in [0.2, 0.25) is 0 Å². The first-order chi connectivity index (χ1) is 6.24. The van der Waals surface area contributed by atoms with Gasteiger partial charge in [0.2, 0.25) is 0 Å². The number of hydrogen-bond donors (Lipinski definition) is 0. The highest BCUT2D eigenvalue weighted by atomic mass is 79.9. The van der Waals surface area contributed by atoms with Gasteiger partial charge in [-0.3, -0.25) is 0 Å². The van der Waals surface area contributed by atoms with E-state index in [0.717, 1.165) is 10.2 Å². The van der Waals surface area contributed by atoms with Gasteiger partial charge in [0, 0.05) is 18.0 Å². The molecule has 0 bridgehead atoms. The molecule has 0 aliphatic carbocycles. The molecule has 0 radical (unpaired) electrons. The highest BCUT2D eigenvalue weighted by Gasteiger charge is 1.99. The number of nitrogens with zero attached hydrogens (tertiary/aromatic N) is 1. The number of aromatic nitrogens is 1. The predicted molar refractivity (Wildman–Crippen MR) is 62.0 cm³/mol. The zero-order chi connectivity index (χ0) is 9.68. The average Bonchev–Trinajstić information content (AvgIpc) is 2.16. The Morgan fingerprint density at radius 2 is 2.46 bits per heavy atom. The van der Waals surface area contributed by atoms with Crippen molar-refractivity contribution in [2.45, 2.75) is 13.5 Å². The molecule has 0 N–H and O–H groups in total. The van der Waals surface area contributed by atoms with Crippen molar-refractivity contribution in [2.75, 3.05) is 6.26 Å². The van der Waals surface area contributed by atoms with Crippen LogP contribution in [-0.4, -0.2) is 16.6 Å². The van der Waals surface area contributed by atoms with Crippen molar-refractivity contribution in [3.63, 3.8) is 0 Å². The van der Waals surface area contributed by atoms with Gasteiger partial charge in [0.15, 0.2) is 0 Å². The lowest BCUT2D eigenvalue weighted by molar-refractivity contribution is 0.362.